The fourth-order valence-electron chi connectivity index (χ4n) is 2.30. The highest BCUT2D eigenvalue weighted by atomic mass is 32.3. The summed E-state index contributed by atoms with van der Waals surface area (Å²) in [6, 6.07) is 2.08. The van der Waals surface area contributed by atoms with Gasteiger partial charge in [0.05, 0.1) is 0 Å². The van der Waals surface area contributed by atoms with Crippen LogP contribution < -0.4 is 0 Å². The van der Waals surface area contributed by atoms with Crippen molar-refractivity contribution in [2.45, 2.75) is 17.7 Å². The molecule has 1 atom stereocenters. The SMILES string of the molecule is CS1(O)C2=C(C=CCC2)C=Cc2sccc21. The molecule has 0 saturated heterocycles. The fourth-order valence-corrected chi connectivity index (χ4v) is 5.86. The Labute approximate surface area is 101 Å². The summed E-state index contributed by atoms with van der Waals surface area (Å²) in [5.74, 6) is 0. The number of thiophene rings is 1. The van der Waals surface area contributed by atoms with Gasteiger partial charge in [-0.3, -0.25) is 0 Å². The minimum absolute atomic E-state index is 0.994. The van der Waals surface area contributed by atoms with Gasteiger partial charge in [-0.25, -0.2) is 0 Å². The summed E-state index contributed by atoms with van der Waals surface area (Å²) < 4.78 is 10.8. The number of hydrogen-bond donors (Lipinski definition) is 1. The number of rotatable bonds is 0. The molecule has 84 valence electrons. The van der Waals surface area contributed by atoms with Crippen molar-refractivity contribution in [1.82, 2.24) is 0 Å². The molecule has 3 rings (SSSR count). The van der Waals surface area contributed by atoms with E-state index in [0.29, 0.717) is 0 Å². The Morgan fingerprint density at radius 3 is 3.06 bits per heavy atom. The van der Waals surface area contributed by atoms with Gasteiger partial charge in [0.25, 0.3) is 0 Å². The third-order valence-electron chi connectivity index (χ3n) is 3.14. The third-order valence-corrected chi connectivity index (χ3v) is 6.76. The molecule has 1 unspecified atom stereocenters. The molecule has 0 aromatic carbocycles. The summed E-state index contributed by atoms with van der Waals surface area (Å²) >= 11 is 1.71. The van der Waals surface area contributed by atoms with Crippen LogP contribution in [0.1, 0.15) is 17.7 Å². The summed E-state index contributed by atoms with van der Waals surface area (Å²) in [6.45, 7) is 0. The first-order chi connectivity index (χ1) is 7.69. The molecule has 1 aliphatic carbocycles. The lowest BCUT2D eigenvalue weighted by Crippen LogP contribution is -2.04. The number of hydrogen-bond acceptors (Lipinski definition) is 2. The number of fused-ring (bicyclic) bond motifs is 1. The van der Waals surface area contributed by atoms with E-state index in [1.807, 2.05) is 6.26 Å². The molecule has 1 N–H and O–H groups in total. The zero-order chi connectivity index (χ0) is 11.2. The maximum atomic E-state index is 10.8. The van der Waals surface area contributed by atoms with Crippen molar-refractivity contribution >= 4 is 27.7 Å². The molecular weight excluding hydrogens is 236 g/mol. The lowest BCUT2D eigenvalue weighted by Gasteiger charge is -2.33. The van der Waals surface area contributed by atoms with E-state index in [0.717, 1.165) is 17.7 Å². The Morgan fingerprint density at radius 1 is 1.31 bits per heavy atom. The first-order valence-electron chi connectivity index (χ1n) is 5.36. The fraction of sp³-hybridized carbons (Fsp3) is 0.231. The van der Waals surface area contributed by atoms with E-state index in [1.54, 1.807) is 11.3 Å². The van der Waals surface area contributed by atoms with Crippen molar-refractivity contribution in [1.29, 1.82) is 0 Å². The van der Waals surface area contributed by atoms with E-state index in [2.05, 4.69) is 35.8 Å². The maximum Gasteiger partial charge on any atom is 0.0414 e. The van der Waals surface area contributed by atoms with Crippen LogP contribution in [0.25, 0.3) is 6.08 Å². The van der Waals surface area contributed by atoms with Gasteiger partial charge in [-0.2, -0.15) is 0 Å². The van der Waals surface area contributed by atoms with Gasteiger partial charge in [-0.1, -0.05) is 28.5 Å². The highest BCUT2D eigenvalue weighted by molar-refractivity contribution is 8.31. The molecule has 0 spiro atoms. The van der Waals surface area contributed by atoms with Crippen LogP contribution in [0, 0.1) is 0 Å². The largest absolute Gasteiger partial charge is 0.343 e. The lowest BCUT2D eigenvalue weighted by atomic mass is 10.1. The summed E-state index contributed by atoms with van der Waals surface area (Å²) in [7, 11) is -1.76. The first kappa shape index (κ1) is 10.4. The highest BCUT2D eigenvalue weighted by Gasteiger charge is 2.29. The van der Waals surface area contributed by atoms with Crippen LogP contribution in [0.15, 0.2) is 45.0 Å². The van der Waals surface area contributed by atoms with Gasteiger partial charge < -0.3 is 4.55 Å². The zero-order valence-corrected chi connectivity index (χ0v) is 10.8. The third kappa shape index (κ3) is 1.43. The lowest BCUT2D eigenvalue weighted by molar-refractivity contribution is 0.634. The molecule has 1 aliphatic heterocycles. The molecule has 0 fully saturated rings. The monoisotopic (exact) mass is 250 g/mol. The molecular formula is C13H14OS2. The molecule has 0 amide bonds. The van der Waals surface area contributed by atoms with Gasteiger partial charge in [0.15, 0.2) is 0 Å². The van der Waals surface area contributed by atoms with Crippen LogP contribution in [0.3, 0.4) is 0 Å². The summed E-state index contributed by atoms with van der Waals surface area (Å²) in [5.41, 5.74) is 1.22. The molecule has 16 heavy (non-hydrogen) atoms. The normalized spacial score (nSPS) is 31.6. The number of allylic oxidation sites excluding steroid dienone is 5. The standard InChI is InChI=1S/C13H14OS2/c1-16(14)12-5-3-2-4-10(12)6-7-11-13(16)8-9-15-11/h2,4,6-9,14H,3,5H2,1H3. The van der Waals surface area contributed by atoms with Crippen molar-refractivity contribution < 1.29 is 4.55 Å². The molecule has 2 heterocycles. The minimum atomic E-state index is -1.76. The smallest absolute Gasteiger partial charge is 0.0414 e. The molecule has 3 heteroatoms. The zero-order valence-electron chi connectivity index (χ0n) is 9.14. The second kappa shape index (κ2) is 3.62. The Bertz CT molecular complexity index is 518. The highest BCUT2D eigenvalue weighted by Crippen LogP contribution is 2.62. The Balaban J connectivity index is 2.24. The van der Waals surface area contributed by atoms with Crippen LogP contribution in [-0.2, 0) is 0 Å². The average molecular weight is 250 g/mol. The van der Waals surface area contributed by atoms with E-state index in [4.69, 9.17) is 0 Å². The van der Waals surface area contributed by atoms with E-state index >= 15 is 0 Å². The van der Waals surface area contributed by atoms with Crippen LogP contribution in [0.5, 0.6) is 0 Å². The Morgan fingerprint density at radius 2 is 2.19 bits per heavy atom. The molecule has 2 aliphatic rings. The van der Waals surface area contributed by atoms with E-state index in [1.165, 1.54) is 15.4 Å². The average Bonchev–Trinajstić information content (AvgIpc) is 2.72. The van der Waals surface area contributed by atoms with Crippen molar-refractivity contribution in [3.63, 3.8) is 0 Å². The van der Waals surface area contributed by atoms with Gasteiger partial charge in [-0.15, -0.1) is 11.3 Å². The predicted molar refractivity (Wildman–Crippen MR) is 73.2 cm³/mol. The van der Waals surface area contributed by atoms with Crippen LogP contribution in [0.4, 0.5) is 0 Å². The van der Waals surface area contributed by atoms with Crippen molar-refractivity contribution in [2.75, 3.05) is 6.26 Å². The predicted octanol–water partition coefficient (Wildman–Crippen LogP) is 4.65. The van der Waals surface area contributed by atoms with Gasteiger partial charge in [-0.05, 0) is 42.2 Å². The quantitative estimate of drug-likeness (QED) is 0.711. The summed E-state index contributed by atoms with van der Waals surface area (Å²) in [6.07, 6.45) is 12.7. The molecule has 0 bridgehead atoms. The molecule has 0 saturated carbocycles. The van der Waals surface area contributed by atoms with E-state index in [9.17, 15) is 4.55 Å². The van der Waals surface area contributed by atoms with Crippen LogP contribution in [-0.4, -0.2) is 10.8 Å². The first-order valence-corrected chi connectivity index (χ1v) is 8.23. The van der Waals surface area contributed by atoms with Crippen LogP contribution in [0.2, 0.25) is 0 Å². The van der Waals surface area contributed by atoms with Gasteiger partial charge >= 0.3 is 0 Å². The van der Waals surface area contributed by atoms with Crippen LogP contribution >= 0.6 is 21.6 Å². The van der Waals surface area contributed by atoms with E-state index < -0.39 is 10.3 Å². The topological polar surface area (TPSA) is 20.2 Å². The molecule has 0 radical (unpaired) electrons. The van der Waals surface area contributed by atoms with E-state index in [-0.39, 0.29) is 0 Å². The Kier molecular flexibility index (Phi) is 2.35. The second-order valence-corrected chi connectivity index (χ2v) is 7.81. The van der Waals surface area contributed by atoms with Gasteiger partial charge in [0.2, 0.25) is 0 Å². The maximum absolute atomic E-state index is 10.8. The molecule has 1 aromatic rings. The summed E-state index contributed by atoms with van der Waals surface area (Å²) in [4.78, 5) is 3.58. The summed E-state index contributed by atoms with van der Waals surface area (Å²) in [5, 5.41) is 2.07. The van der Waals surface area contributed by atoms with Gasteiger partial charge in [0, 0.05) is 14.7 Å². The minimum Gasteiger partial charge on any atom is -0.343 e. The molecule has 1 nitrogen and oxygen atoms in total. The van der Waals surface area contributed by atoms with Crippen molar-refractivity contribution in [3.05, 3.63) is 45.0 Å². The molecule has 1 aromatic heterocycles. The Hall–Kier alpha value is -0.770. The van der Waals surface area contributed by atoms with Crippen molar-refractivity contribution in [2.24, 2.45) is 0 Å². The second-order valence-electron chi connectivity index (χ2n) is 4.18. The van der Waals surface area contributed by atoms with Gasteiger partial charge in [0.1, 0.15) is 0 Å². The van der Waals surface area contributed by atoms with Crippen molar-refractivity contribution in [3.8, 4) is 0 Å².